The molecule has 150 valence electrons. The number of hydrogen-bond acceptors (Lipinski definition) is 5. The van der Waals surface area contributed by atoms with Crippen LogP contribution >= 0.6 is 0 Å². The average Bonchev–Trinajstić information content (AvgIpc) is 2.69. The fraction of sp³-hybridized carbons (Fsp3) is 0.632. The molecule has 2 aliphatic rings. The van der Waals surface area contributed by atoms with E-state index in [9.17, 15) is 13.2 Å². The number of methoxy groups -OCH3 is 1. The summed E-state index contributed by atoms with van der Waals surface area (Å²) in [6, 6.07) is 4.77. The second-order valence-corrected chi connectivity index (χ2v) is 9.29. The van der Waals surface area contributed by atoms with Gasteiger partial charge < -0.3 is 15.0 Å². The van der Waals surface area contributed by atoms with Crippen molar-refractivity contribution < 1.29 is 17.9 Å². The Bertz CT molecular complexity index is 767. The van der Waals surface area contributed by atoms with Crippen molar-refractivity contribution in [3.05, 3.63) is 23.8 Å². The minimum Gasteiger partial charge on any atom is -0.495 e. The van der Waals surface area contributed by atoms with E-state index in [4.69, 9.17) is 4.74 Å². The van der Waals surface area contributed by atoms with Crippen molar-refractivity contribution in [3.8, 4) is 5.75 Å². The van der Waals surface area contributed by atoms with E-state index in [1.807, 2.05) is 0 Å². The molecule has 0 unspecified atom stereocenters. The van der Waals surface area contributed by atoms with Crippen LogP contribution in [0.1, 0.15) is 42.5 Å². The van der Waals surface area contributed by atoms with Gasteiger partial charge in [-0.3, -0.25) is 4.79 Å². The predicted octanol–water partition coefficient (Wildman–Crippen LogP) is 1.69. The molecular formula is C19H29N3O4S. The van der Waals surface area contributed by atoms with Crippen molar-refractivity contribution in [2.45, 2.75) is 43.0 Å². The molecule has 2 heterocycles. The molecule has 2 fully saturated rings. The highest BCUT2D eigenvalue weighted by Gasteiger charge is 2.30. The fourth-order valence-corrected chi connectivity index (χ4v) is 5.38. The summed E-state index contributed by atoms with van der Waals surface area (Å²) in [6.45, 7) is 2.92. The maximum atomic E-state index is 13.1. The Morgan fingerprint density at radius 3 is 2.41 bits per heavy atom. The van der Waals surface area contributed by atoms with Crippen LogP contribution in [0.25, 0.3) is 0 Å². The van der Waals surface area contributed by atoms with Gasteiger partial charge >= 0.3 is 0 Å². The molecule has 1 amide bonds. The summed E-state index contributed by atoms with van der Waals surface area (Å²) in [5, 5.41) is 3.04. The number of piperidine rings is 2. The van der Waals surface area contributed by atoms with Gasteiger partial charge in [0.1, 0.15) is 10.6 Å². The number of nitrogens with one attached hydrogen (secondary N) is 1. The van der Waals surface area contributed by atoms with Gasteiger partial charge in [0.25, 0.3) is 5.91 Å². The third-order valence-corrected chi connectivity index (χ3v) is 7.33. The number of hydrogen-bond donors (Lipinski definition) is 1. The first-order valence-corrected chi connectivity index (χ1v) is 11.0. The Labute approximate surface area is 161 Å². The smallest absolute Gasteiger partial charge is 0.251 e. The molecule has 0 bridgehead atoms. The standard InChI is InChI=1S/C19H29N3O4S/c1-21-12-8-16(9-13-21)20-19(23)15-6-7-17(26-2)18(14-15)27(24,25)22-10-4-3-5-11-22/h6-7,14,16H,3-5,8-13H2,1-2H3,(H,20,23). The van der Waals surface area contributed by atoms with Gasteiger partial charge in [0.15, 0.2) is 0 Å². The lowest BCUT2D eigenvalue weighted by molar-refractivity contribution is 0.0916. The fourth-order valence-electron chi connectivity index (χ4n) is 3.69. The first-order valence-electron chi connectivity index (χ1n) is 9.59. The van der Waals surface area contributed by atoms with Crippen LogP contribution in [0, 0.1) is 0 Å². The van der Waals surface area contributed by atoms with Crippen LogP contribution in [0.15, 0.2) is 23.1 Å². The van der Waals surface area contributed by atoms with Gasteiger partial charge in [-0.2, -0.15) is 4.31 Å². The molecule has 8 heteroatoms. The largest absolute Gasteiger partial charge is 0.495 e. The topological polar surface area (TPSA) is 79.0 Å². The molecule has 0 atom stereocenters. The molecule has 0 radical (unpaired) electrons. The van der Waals surface area contributed by atoms with Gasteiger partial charge in [-0.25, -0.2) is 8.42 Å². The maximum Gasteiger partial charge on any atom is 0.251 e. The Kier molecular flexibility index (Phi) is 6.39. The van der Waals surface area contributed by atoms with E-state index in [-0.39, 0.29) is 22.6 Å². The minimum atomic E-state index is -3.68. The molecular weight excluding hydrogens is 366 g/mol. The highest BCUT2D eigenvalue weighted by molar-refractivity contribution is 7.89. The van der Waals surface area contributed by atoms with Gasteiger partial charge in [0.05, 0.1) is 7.11 Å². The molecule has 0 spiro atoms. The zero-order valence-electron chi connectivity index (χ0n) is 16.1. The summed E-state index contributed by atoms with van der Waals surface area (Å²) in [4.78, 5) is 15.0. The van der Waals surface area contributed by atoms with Crippen LogP contribution in [-0.2, 0) is 10.0 Å². The summed E-state index contributed by atoms with van der Waals surface area (Å²) in [6.07, 6.45) is 4.56. The lowest BCUT2D eigenvalue weighted by Gasteiger charge is -2.29. The maximum absolute atomic E-state index is 13.1. The van der Waals surface area contributed by atoms with Crippen molar-refractivity contribution >= 4 is 15.9 Å². The number of sulfonamides is 1. The molecule has 3 rings (SSSR count). The third kappa shape index (κ3) is 4.62. The SMILES string of the molecule is COc1ccc(C(=O)NC2CCN(C)CC2)cc1S(=O)(=O)N1CCCCC1. The molecule has 27 heavy (non-hydrogen) atoms. The monoisotopic (exact) mass is 395 g/mol. The van der Waals surface area contributed by atoms with Crippen molar-refractivity contribution in [2.75, 3.05) is 40.3 Å². The second-order valence-electron chi connectivity index (χ2n) is 7.38. The molecule has 0 aromatic heterocycles. The van der Waals surface area contributed by atoms with Gasteiger partial charge in [-0.15, -0.1) is 0 Å². The van der Waals surface area contributed by atoms with Crippen LogP contribution in [0.2, 0.25) is 0 Å². The van der Waals surface area contributed by atoms with E-state index in [2.05, 4.69) is 17.3 Å². The molecule has 2 aliphatic heterocycles. The first-order chi connectivity index (χ1) is 12.9. The molecule has 2 saturated heterocycles. The summed E-state index contributed by atoms with van der Waals surface area (Å²) in [7, 11) is -0.164. The van der Waals surface area contributed by atoms with E-state index in [0.717, 1.165) is 45.2 Å². The third-order valence-electron chi connectivity index (χ3n) is 5.41. The summed E-state index contributed by atoms with van der Waals surface area (Å²) >= 11 is 0. The highest BCUT2D eigenvalue weighted by Crippen LogP contribution is 2.29. The highest BCUT2D eigenvalue weighted by atomic mass is 32.2. The Hall–Kier alpha value is -1.64. The van der Waals surface area contributed by atoms with Gasteiger partial charge in [-0.05, 0) is 64.0 Å². The summed E-state index contributed by atoms with van der Waals surface area (Å²) < 4.78 is 32.9. The Balaban J connectivity index is 1.81. The number of nitrogens with zero attached hydrogens (tertiary/aromatic N) is 2. The molecule has 1 aromatic rings. The van der Waals surface area contributed by atoms with Crippen LogP contribution < -0.4 is 10.1 Å². The molecule has 7 nitrogen and oxygen atoms in total. The quantitative estimate of drug-likeness (QED) is 0.821. The van der Waals surface area contributed by atoms with Crippen LogP contribution in [0.3, 0.4) is 0 Å². The number of amides is 1. The summed E-state index contributed by atoms with van der Waals surface area (Å²) in [5.74, 6) is 0.0405. The predicted molar refractivity (Wildman–Crippen MR) is 104 cm³/mol. The normalized spacial score (nSPS) is 20.4. The first kappa shape index (κ1) is 20.1. The number of rotatable bonds is 5. The Morgan fingerprint density at radius 1 is 1.11 bits per heavy atom. The molecule has 1 aromatic carbocycles. The van der Waals surface area contributed by atoms with Crippen molar-refractivity contribution in [1.29, 1.82) is 0 Å². The minimum absolute atomic E-state index is 0.0722. The average molecular weight is 396 g/mol. The number of ether oxygens (including phenoxy) is 1. The number of carbonyl (C=O) groups excluding carboxylic acids is 1. The second kappa shape index (κ2) is 8.58. The lowest BCUT2D eigenvalue weighted by atomic mass is 10.0. The van der Waals surface area contributed by atoms with Crippen molar-refractivity contribution in [1.82, 2.24) is 14.5 Å². The zero-order chi connectivity index (χ0) is 19.4. The molecule has 1 N–H and O–H groups in total. The van der Waals surface area contributed by atoms with Gasteiger partial charge in [0, 0.05) is 24.7 Å². The van der Waals surface area contributed by atoms with Crippen molar-refractivity contribution in [2.24, 2.45) is 0 Å². The Morgan fingerprint density at radius 2 is 1.78 bits per heavy atom. The van der Waals surface area contributed by atoms with Crippen LogP contribution in [-0.4, -0.2) is 69.9 Å². The summed E-state index contributed by atoms with van der Waals surface area (Å²) in [5.41, 5.74) is 0.352. The van der Waals surface area contributed by atoms with Gasteiger partial charge in [0.2, 0.25) is 10.0 Å². The van der Waals surface area contributed by atoms with E-state index in [0.29, 0.717) is 18.7 Å². The van der Waals surface area contributed by atoms with Crippen molar-refractivity contribution in [3.63, 3.8) is 0 Å². The molecule has 0 saturated carbocycles. The van der Waals surface area contributed by atoms with E-state index in [1.165, 1.54) is 17.5 Å². The molecule has 0 aliphatic carbocycles. The van der Waals surface area contributed by atoms with E-state index >= 15 is 0 Å². The van der Waals surface area contributed by atoms with E-state index < -0.39 is 10.0 Å². The number of likely N-dealkylation sites (tertiary alicyclic amines) is 1. The van der Waals surface area contributed by atoms with Crippen LogP contribution in [0.5, 0.6) is 5.75 Å². The lowest BCUT2D eigenvalue weighted by Crippen LogP contribution is -2.43. The number of carbonyl (C=O) groups is 1. The number of benzene rings is 1. The zero-order valence-corrected chi connectivity index (χ0v) is 16.9. The van der Waals surface area contributed by atoms with Gasteiger partial charge in [-0.1, -0.05) is 6.42 Å². The van der Waals surface area contributed by atoms with E-state index in [1.54, 1.807) is 12.1 Å². The van der Waals surface area contributed by atoms with Crippen LogP contribution in [0.4, 0.5) is 0 Å².